The maximum atomic E-state index is 14.6. The molecule has 0 unspecified atom stereocenters. The highest BCUT2D eigenvalue weighted by atomic mass is 35.5. The van der Waals surface area contributed by atoms with Crippen molar-refractivity contribution in [2.45, 2.75) is 37.5 Å². The van der Waals surface area contributed by atoms with E-state index < -0.39 is 47.4 Å². The van der Waals surface area contributed by atoms with Crippen LogP contribution in [0, 0.1) is 11.7 Å². The Labute approximate surface area is 208 Å². The third-order valence-electron chi connectivity index (χ3n) is 6.44. The van der Waals surface area contributed by atoms with Gasteiger partial charge in [-0.25, -0.2) is 9.97 Å². The molecule has 2 fully saturated rings. The highest BCUT2D eigenvalue weighted by Gasteiger charge is 2.43. The van der Waals surface area contributed by atoms with Crippen molar-refractivity contribution in [2.75, 3.05) is 35.6 Å². The van der Waals surface area contributed by atoms with Crippen LogP contribution in [-0.4, -0.2) is 63.6 Å². The predicted octanol–water partition coefficient (Wildman–Crippen LogP) is 3.25. The zero-order chi connectivity index (χ0) is 26.2. The van der Waals surface area contributed by atoms with Crippen LogP contribution in [0.4, 0.5) is 34.9 Å². The van der Waals surface area contributed by atoms with Gasteiger partial charge in [-0.3, -0.25) is 9.59 Å². The Morgan fingerprint density at radius 1 is 1.19 bits per heavy atom. The second kappa shape index (κ2) is 9.96. The monoisotopic (exact) mass is 530 g/mol. The van der Waals surface area contributed by atoms with Crippen molar-refractivity contribution in [1.29, 1.82) is 0 Å². The van der Waals surface area contributed by atoms with Crippen molar-refractivity contribution in [3.05, 3.63) is 40.9 Å². The molecule has 2 aliphatic heterocycles. The molecule has 2 saturated heterocycles. The predicted molar refractivity (Wildman–Crippen MR) is 123 cm³/mol. The zero-order valence-electron chi connectivity index (χ0n) is 18.8. The summed E-state index contributed by atoms with van der Waals surface area (Å²) >= 11 is 5.86. The number of nitrogens with one attached hydrogen (secondary N) is 1. The molecule has 14 heteroatoms. The van der Waals surface area contributed by atoms with Gasteiger partial charge in [-0.2, -0.15) is 17.6 Å². The van der Waals surface area contributed by atoms with Gasteiger partial charge in [0, 0.05) is 30.3 Å². The standard InChI is InChI=1S/C22H23ClF4N6O3/c23-12-6-11(22(25,26)27)7-13(8-12)31-15-2-1-4-33(20(15)34)16-9-32(5-3-14(16)21(35)36)19-17(24)18(28)29-10-30-19/h6-8,10,14-16,31H,1-5,9H2,(H,35,36)(H2,28,29,30)/t14-,15-,16-/m0/s1. The molecular weight excluding hydrogens is 508 g/mol. The summed E-state index contributed by atoms with van der Waals surface area (Å²) in [5, 5.41) is 12.5. The number of halogens is 5. The van der Waals surface area contributed by atoms with Crippen LogP contribution >= 0.6 is 11.6 Å². The first-order valence-electron chi connectivity index (χ1n) is 11.1. The first-order valence-corrected chi connectivity index (χ1v) is 11.5. The summed E-state index contributed by atoms with van der Waals surface area (Å²) in [6.45, 7) is 0.405. The number of rotatable bonds is 5. The zero-order valence-corrected chi connectivity index (χ0v) is 19.6. The van der Waals surface area contributed by atoms with Crippen LogP contribution in [0.25, 0.3) is 0 Å². The Hall–Kier alpha value is -3.35. The van der Waals surface area contributed by atoms with Gasteiger partial charge < -0.3 is 26.0 Å². The number of aliphatic carboxylic acids is 1. The van der Waals surface area contributed by atoms with Crippen molar-refractivity contribution < 1.29 is 32.3 Å². The fourth-order valence-electron chi connectivity index (χ4n) is 4.72. The summed E-state index contributed by atoms with van der Waals surface area (Å²) in [6.07, 6.45) is -2.60. The molecular formula is C22H23ClF4N6O3. The number of nitrogens with two attached hydrogens (primary N) is 1. The summed E-state index contributed by atoms with van der Waals surface area (Å²) in [5.41, 5.74) is 4.60. The highest BCUT2D eigenvalue weighted by molar-refractivity contribution is 6.31. The number of nitrogen functional groups attached to an aromatic ring is 1. The molecule has 0 saturated carbocycles. The largest absolute Gasteiger partial charge is 0.481 e. The van der Waals surface area contributed by atoms with Crippen molar-refractivity contribution >= 4 is 40.8 Å². The van der Waals surface area contributed by atoms with Gasteiger partial charge in [-0.05, 0) is 37.5 Å². The normalized spacial score (nSPS) is 23.0. The minimum absolute atomic E-state index is 0.0157. The number of carbonyl (C=O) groups is 2. The lowest BCUT2D eigenvalue weighted by Crippen LogP contribution is -2.61. The lowest BCUT2D eigenvalue weighted by Gasteiger charge is -2.45. The first-order chi connectivity index (χ1) is 17.0. The number of carboxylic acids is 1. The van der Waals surface area contributed by atoms with Crippen LogP contribution < -0.4 is 16.0 Å². The Morgan fingerprint density at radius 3 is 2.64 bits per heavy atom. The minimum atomic E-state index is -4.62. The van der Waals surface area contributed by atoms with Gasteiger partial charge in [-0.15, -0.1) is 0 Å². The molecule has 0 bridgehead atoms. The minimum Gasteiger partial charge on any atom is -0.481 e. The maximum absolute atomic E-state index is 14.6. The summed E-state index contributed by atoms with van der Waals surface area (Å²) in [6, 6.07) is 1.22. The Kier molecular flexibility index (Phi) is 7.12. The van der Waals surface area contributed by atoms with Gasteiger partial charge in [0.15, 0.2) is 11.6 Å². The van der Waals surface area contributed by atoms with E-state index in [2.05, 4.69) is 15.3 Å². The molecule has 3 heterocycles. The molecule has 194 valence electrons. The number of alkyl halides is 3. The second-order valence-corrected chi connectivity index (χ2v) is 9.18. The quantitative estimate of drug-likeness (QED) is 0.503. The Morgan fingerprint density at radius 2 is 1.94 bits per heavy atom. The van der Waals surface area contributed by atoms with E-state index in [4.69, 9.17) is 17.3 Å². The average molecular weight is 531 g/mol. The molecule has 0 radical (unpaired) electrons. The van der Waals surface area contributed by atoms with Crippen LogP contribution in [0.5, 0.6) is 0 Å². The van der Waals surface area contributed by atoms with E-state index in [-0.39, 0.29) is 48.4 Å². The highest BCUT2D eigenvalue weighted by Crippen LogP contribution is 2.35. The molecule has 4 rings (SSSR count). The number of benzene rings is 1. The molecule has 3 atom stereocenters. The number of carboxylic acid groups (broad SMARTS) is 1. The number of amides is 1. The molecule has 36 heavy (non-hydrogen) atoms. The molecule has 9 nitrogen and oxygen atoms in total. The topological polar surface area (TPSA) is 125 Å². The number of anilines is 3. The SMILES string of the molecule is Nc1ncnc(N2CC[C@H](C(=O)O)[C@@H](N3CCC[C@H](Nc4cc(Cl)cc(C(F)(F)F)c4)C3=O)C2)c1F. The van der Waals surface area contributed by atoms with Gasteiger partial charge in [0.2, 0.25) is 11.7 Å². The third-order valence-corrected chi connectivity index (χ3v) is 6.65. The molecule has 1 aromatic carbocycles. The van der Waals surface area contributed by atoms with E-state index in [9.17, 15) is 32.3 Å². The number of hydrogen-bond donors (Lipinski definition) is 3. The van der Waals surface area contributed by atoms with E-state index in [1.807, 2.05) is 0 Å². The van der Waals surface area contributed by atoms with E-state index in [1.165, 1.54) is 15.9 Å². The van der Waals surface area contributed by atoms with Crippen molar-refractivity contribution in [1.82, 2.24) is 14.9 Å². The van der Waals surface area contributed by atoms with Gasteiger partial charge in [0.25, 0.3) is 0 Å². The smallest absolute Gasteiger partial charge is 0.416 e. The van der Waals surface area contributed by atoms with E-state index in [1.54, 1.807) is 0 Å². The van der Waals surface area contributed by atoms with Crippen LogP contribution in [-0.2, 0) is 15.8 Å². The number of aromatic nitrogens is 2. The second-order valence-electron chi connectivity index (χ2n) is 8.74. The van der Waals surface area contributed by atoms with Gasteiger partial charge in [-0.1, -0.05) is 11.6 Å². The fraction of sp³-hybridized carbons (Fsp3) is 0.455. The lowest BCUT2D eigenvalue weighted by molar-refractivity contribution is -0.149. The van der Waals surface area contributed by atoms with Gasteiger partial charge >= 0.3 is 12.1 Å². The van der Waals surface area contributed by atoms with Crippen LogP contribution in [0.2, 0.25) is 5.02 Å². The Balaban J connectivity index is 1.57. The van der Waals surface area contributed by atoms with Crippen LogP contribution in [0.1, 0.15) is 24.8 Å². The van der Waals surface area contributed by atoms with Gasteiger partial charge in [0.05, 0.1) is 17.5 Å². The Bertz CT molecular complexity index is 1170. The average Bonchev–Trinajstić information content (AvgIpc) is 2.81. The molecule has 2 aromatic rings. The number of likely N-dealkylation sites (tertiary alicyclic amines) is 1. The molecule has 2 aliphatic rings. The molecule has 0 spiro atoms. The van der Waals surface area contributed by atoms with Gasteiger partial charge in [0.1, 0.15) is 12.4 Å². The van der Waals surface area contributed by atoms with Crippen molar-refractivity contribution in [3.63, 3.8) is 0 Å². The molecule has 1 aromatic heterocycles. The van der Waals surface area contributed by atoms with Crippen molar-refractivity contribution in [2.24, 2.45) is 5.92 Å². The summed E-state index contributed by atoms with van der Waals surface area (Å²) in [4.78, 5) is 35.9. The van der Waals surface area contributed by atoms with E-state index in [0.29, 0.717) is 12.8 Å². The summed E-state index contributed by atoms with van der Waals surface area (Å²) in [7, 11) is 0. The fourth-order valence-corrected chi connectivity index (χ4v) is 4.96. The molecule has 0 aliphatic carbocycles. The number of carbonyl (C=O) groups excluding carboxylic acids is 1. The summed E-state index contributed by atoms with van der Waals surface area (Å²) in [5.74, 6) is -3.76. The number of hydrogen-bond acceptors (Lipinski definition) is 7. The molecule has 4 N–H and O–H groups in total. The van der Waals surface area contributed by atoms with Crippen molar-refractivity contribution in [3.8, 4) is 0 Å². The van der Waals surface area contributed by atoms with E-state index >= 15 is 0 Å². The third kappa shape index (κ3) is 5.25. The van der Waals surface area contributed by atoms with E-state index in [0.717, 1.165) is 18.5 Å². The molecule has 1 amide bonds. The summed E-state index contributed by atoms with van der Waals surface area (Å²) < 4.78 is 54.1. The lowest BCUT2D eigenvalue weighted by atomic mass is 9.88. The maximum Gasteiger partial charge on any atom is 0.416 e. The first kappa shape index (κ1) is 25.7. The van der Waals surface area contributed by atoms with Crippen LogP contribution in [0.3, 0.4) is 0 Å². The number of nitrogens with zero attached hydrogens (tertiary/aromatic N) is 4. The van der Waals surface area contributed by atoms with Crippen LogP contribution in [0.15, 0.2) is 24.5 Å². The number of piperidine rings is 2.